The molecule has 2 heterocycles. The van der Waals surface area contributed by atoms with Crippen LogP contribution in [0.15, 0.2) is 59.5 Å². The van der Waals surface area contributed by atoms with Crippen molar-refractivity contribution in [2.45, 2.75) is 38.9 Å². The Morgan fingerprint density at radius 3 is 2.52 bits per heavy atom. The van der Waals surface area contributed by atoms with Crippen LogP contribution in [0.2, 0.25) is 0 Å². The van der Waals surface area contributed by atoms with Crippen LogP contribution in [0.25, 0.3) is 11.0 Å². The number of amides is 1. The summed E-state index contributed by atoms with van der Waals surface area (Å²) in [5.41, 5.74) is 3.47. The number of hydrogen-bond donors (Lipinski definition) is 1. The SMILES string of the molecule is O=C(Cn1c(=O)cnc2ccccc21)NCc1ccccc1CN1CCCCC1. The van der Waals surface area contributed by atoms with Crippen LogP contribution in [-0.4, -0.2) is 33.4 Å². The fraction of sp³-hybridized carbons (Fsp3) is 0.348. The zero-order valence-electron chi connectivity index (χ0n) is 16.5. The molecule has 0 unspecified atom stereocenters. The summed E-state index contributed by atoms with van der Waals surface area (Å²) in [4.78, 5) is 31.4. The molecule has 1 amide bonds. The van der Waals surface area contributed by atoms with E-state index in [9.17, 15) is 9.59 Å². The molecule has 1 saturated heterocycles. The van der Waals surface area contributed by atoms with Crippen LogP contribution in [0.1, 0.15) is 30.4 Å². The predicted octanol–water partition coefficient (Wildman–Crippen LogP) is 2.70. The number of likely N-dealkylation sites (tertiary alicyclic amines) is 1. The van der Waals surface area contributed by atoms with Gasteiger partial charge in [-0.15, -0.1) is 0 Å². The van der Waals surface area contributed by atoms with Crippen LogP contribution >= 0.6 is 0 Å². The van der Waals surface area contributed by atoms with Crippen molar-refractivity contribution in [1.82, 2.24) is 19.8 Å². The van der Waals surface area contributed by atoms with Gasteiger partial charge in [0.15, 0.2) is 0 Å². The highest BCUT2D eigenvalue weighted by Crippen LogP contribution is 2.16. The number of benzene rings is 2. The summed E-state index contributed by atoms with van der Waals surface area (Å²) in [7, 11) is 0. The third-order valence-electron chi connectivity index (χ3n) is 5.49. The van der Waals surface area contributed by atoms with E-state index in [1.54, 1.807) is 0 Å². The highest BCUT2D eigenvalue weighted by atomic mass is 16.2. The normalized spacial score (nSPS) is 14.8. The smallest absolute Gasteiger partial charge is 0.269 e. The van der Waals surface area contributed by atoms with Gasteiger partial charge in [0.25, 0.3) is 5.56 Å². The van der Waals surface area contributed by atoms with Crippen molar-refractivity contribution in [2.75, 3.05) is 13.1 Å². The first-order valence-corrected chi connectivity index (χ1v) is 10.2. The minimum Gasteiger partial charge on any atom is -0.350 e. The van der Waals surface area contributed by atoms with Gasteiger partial charge in [0.2, 0.25) is 5.91 Å². The van der Waals surface area contributed by atoms with Crippen molar-refractivity contribution in [3.05, 3.63) is 76.2 Å². The molecule has 0 spiro atoms. The standard InChI is InChI=1S/C23H26N4O2/c28-22(17-27-21-11-5-4-10-20(21)24-15-23(27)29)25-14-18-8-2-3-9-19(18)16-26-12-6-1-7-13-26/h2-5,8-11,15H,1,6-7,12-14,16-17H2,(H,25,28). The first kappa shape index (κ1) is 19.3. The highest BCUT2D eigenvalue weighted by molar-refractivity contribution is 5.79. The second-order valence-corrected chi connectivity index (χ2v) is 7.55. The number of hydrogen-bond acceptors (Lipinski definition) is 4. The Hall–Kier alpha value is -2.99. The van der Waals surface area contributed by atoms with Crippen LogP contribution in [0.3, 0.4) is 0 Å². The molecule has 0 bridgehead atoms. The number of nitrogens with zero attached hydrogens (tertiary/aromatic N) is 3. The van der Waals surface area contributed by atoms with E-state index in [1.807, 2.05) is 36.4 Å². The highest BCUT2D eigenvalue weighted by Gasteiger charge is 2.13. The molecular formula is C23H26N4O2. The lowest BCUT2D eigenvalue weighted by atomic mass is 10.0. The van der Waals surface area contributed by atoms with E-state index in [0.29, 0.717) is 17.6 Å². The molecule has 6 nitrogen and oxygen atoms in total. The van der Waals surface area contributed by atoms with E-state index >= 15 is 0 Å². The van der Waals surface area contributed by atoms with Crippen LogP contribution < -0.4 is 10.9 Å². The minimum atomic E-state index is -0.274. The molecule has 0 radical (unpaired) electrons. The maximum atomic E-state index is 12.6. The van der Waals surface area contributed by atoms with Crippen molar-refractivity contribution in [3.8, 4) is 0 Å². The molecule has 0 saturated carbocycles. The average molecular weight is 390 g/mol. The monoisotopic (exact) mass is 390 g/mol. The zero-order valence-corrected chi connectivity index (χ0v) is 16.5. The summed E-state index contributed by atoms with van der Waals surface area (Å²) in [5.74, 6) is -0.184. The first-order chi connectivity index (χ1) is 14.2. The Morgan fingerprint density at radius 1 is 0.966 bits per heavy atom. The Morgan fingerprint density at radius 2 is 1.69 bits per heavy atom. The van der Waals surface area contributed by atoms with Crippen molar-refractivity contribution in [3.63, 3.8) is 0 Å². The second-order valence-electron chi connectivity index (χ2n) is 7.55. The summed E-state index contributed by atoms with van der Waals surface area (Å²) < 4.78 is 1.47. The number of fused-ring (bicyclic) bond motifs is 1. The number of carbonyl (C=O) groups is 1. The van der Waals surface area contributed by atoms with Crippen molar-refractivity contribution >= 4 is 16.9 Å². The molecule has 1 N–H and O–H groups in total. The first-order valence-electron chi connectivity index (χ1n) is 10.2. The molecule has 1 fully saturated rings. The molecule has 0 aliphatic carbocycles. The van der Waals surface area contributed by atoms with E-state index in [2.05, 4.69) is 27.3 Å². The molecule has 1 aliphatic rings. The summed E-state index contributed by atoms with van der Waals surface area (Å²) in [6.07, 6.45) is 5.10. The van der Waals surface area contributed by atoms with Gasteiger partial charge in [-0.2, -0.15) is 0 Å². The van der Waals surface area contributed by atoms with Gasteiger partial charge in [-0.1, -0.05) is 42.8 Å². The quantitative estimate of drug-likeness (QED) is 0.703. The lowest BCUT2D eigenvalue weighted by molar-refractivity contribution is -0.121. The van der Waals surface area contributed by atoms with Crippen molar-refractivity contribution < 1.29 is 4.79 Å². The molecular weight excluding hydrogens is 364 g/mol. The summed E-state index contributed by atoms with van der Waals surface area (Å²) in [6, 6.07) is 15.6. The van der Waals surface area contributed by atoms with Crippen molar-refractivity contribution in [1.29, 1.82) is 0 Å². The third-order valence-corrected chi connectivity index (χ3v) is 5.49. The van der Waals surface area contributed by atoms with E-state index in [4.69, 9.17) is 0 Å². The third kappa shape index (κ3) is 4.71. The number of para-hydroxylation sites is 2. The number of nitrogens with one attached hydrogen (secondary N) is 1. The number of rotatable bonds is 6. The molecule has 150 valence electrons. The Balaban J connectivity index is 1.43. The van der Waals surface area contributed by atoms with Gasteiger partial charge in [-0.05, 0) is 49.2 Å². The van der Waals surface area contributed by atoms with Crippen LogP contribution in [0, 0.1) is 0 Å². The van der Waals surface area contributed by atoms with Gasteiger partial charge in [0.1, 0.15) is 6.54 Å². The summed E-state index contributed by atoms with van der Waals surface area (Å²) in [5, 5.41) is 2.98. The Labute approximate surface area is 170 Å². The van der Waals surface area contributed by atoms with Gasteiger partial charge in [-0.25, -0.2) is 4.98 Å². The maximum Gasteiger partial charge on any atom is 0.269 e. The Bertz CT molecular complexity index is 1050. The fourth-order valence-electron chi connectivity index (χ4n) is 3.91. The van der Waals surface area contributed by atoms with Gasteiger partial charge < -0.3 is 5.32 Å². The summed E-state index contributed by atoms with van der Waals surface area (Å²) >= 11 is 0. The van der Waals surface area contributed by atoms with Crippen LogP contribution in [-0.2, 0) is 24.4 Å². The zero-order chi connectivity index (χ0) is 20.1. The van der Waals surface area contributed by atoms with Gasteiger partial charge in [0.05, 0.1) is 17.2 Å². The molecule has 3 aromatic rings. The van der Waals surface area contributed by atoms with Crippen molar-refractivity contribution in [2.24, 2.45) is 0 Å². The average Bonchev–Trinajstić information content (AvgIpc) is 2.76. The summed E-state index contributed by atoms with van der Waals surface area (Å²) in [6.45, 7) is 3.63. The van der Waals surface area contributed by atoms with Crippen LogP contribution in [0.4, 0.5) is 0 Å². The van der Waals surface area contributed by atoms with E-state index in [1.165, 1.54) is 35.6 Å². The van der Waals surface area contributed by atoms with Gasteiger partial charge in [-0.3, -0.25) is 19.1 Å². The second kappa shape index (κ2) is 9.01. The maximum absolute atomic E-state index is 12.6. The molecule has 4 rings (SSSR count). The number of aromatic nitrogens is 2. The lowest BCUT2D eigenvalue weighted by Crippen LogP contribution is -2.33. The molecule has 1 aliphatic heterocycles. The molecule has 29 heavy (non-hydrogen) atoms. The number of carbonyl (C=O) groups excluding carboxylic acids is 1. The van der Waals surface area contributed by atoms with Gasteiger partial charge in [0, 0.05) is 13.1 Å². The van der Waals surface area contributed by atoms with E-state index < -0.39 is 0 Å². The van der Waals surface area contributed by atoms with E-state index in [-0.39, 0.29) is 18.0 Å². The molecule has 2 aromatic carbocycles. The number of piperidine rings is 1. The predicted molar refractivity (Wildman–Crippen MR) is 113 cm³/mol. The molecule has 0 atom stereocenters. The fourth-order valence-corrected chi connectivity index (χ4v) is 3.91. The van der Waals surface area contributed by atoms with Crippen LogP contribution in [0.5, 0.6) is 0 Å². The van der Waals surface area contributed by atoms with E-state index in [0.717, 1.165) is 25.2 Å². The lowest BCUT2D eigenvalue weighted by Gasteiger charge is -2.27. The topological polar surface area (TPSA) is 67.2 Å². The minimum absolute atomic E-state index is 0.0177. The largest absolute Gasteiger partial charge is 0.350 e. The molecule has 1 aromatic heterocycles. The molecule has 6 heteroatoms. The van der Waals surface area contributed by atoms with Gasteiger partial charge >= 0.3 is 0 Å². The Kier molecular flexibility index (Phi) is 6.00.